The molecule has 0 unspecified atom stereocenters. The van der Waals surface area contributed by atoms with E-state index in [-0.39, 0.29) is 35.3 Å². The Bertz CT molecular complexity index is 748. The minimum absolute atomic E-state index is 0. The Balaban J connectivity index is 0.00000225. The summed E-state index contributed by atoms with van der Waals surface area (Å²) in [5, 5.41) is 0. The first-order chi connectivity index (χ1) is 11.3. The van der Waals surface area contributed by atoms with Gasteiger partial charge in [0, 0.05) is 32.1 Å². The smallest absolute Gasteiger partial charge is 0.240 e. The highest BCUT2D eigenvalue weighted by molar-refractivity contribution is 7.89. The van der Waals surface area contributed by atoms with Crippen molar-refractivity contribution < 1.29 is 13.2 Å². The summed E-state index contributed by atoms with van der Waals surface area (Å²) in [5.41, 5.74) is 7.84. The SMILES string of the molecule is CC(=O)N1CCc2ccc(S(=O)(=O)NCC3(N)CCC3)cc2CC1.Cl. The van der Waals surface area contributed by atoms with Gasteiger partial charge in [0.1, 0.15) is 0 Å². The average Bonchev–Trinajstić information content (AvgIpc) is 2.73. The third kappa shape index (κ3) is 4.53. The molecule has 1 aromatic carbocycles. The largest absolute Gasteiger partial charge is 0.342 e. The third-order valence-electron chi connectivity index (χ3n) is 5.20. The fourth-order valence-corrected chi connectivity index (χ4v) is 4.50. The van der Waals surface area contributed by atoms with Gasteiger partial charge in [-0.3, -0.25) is 4.79 Å². The highest BCUT2D eigenvalue weighted by Crippen LogP contribution is 2.28. The lowest BCUT2D eigenvalue weighted by atomic mass is 9.78. The number of nitrogens with zero attached hydrogens (tertiary/aromatic N) is 1. The summed E-state index contributed by atoms with van der Waals surface area (Å²) in [5.74, 6) is 0.0612. The molecule has 1 heterocycles. The number of rotatable bonds is 4. The van der Waals surface area contributed by atoms with Crippen molar-refractivity contribution in [2.45, 2.75) is 49.5 Å². The molecule has 3 N–H and O–H groups in total. The second-order valence-corrected chi connectivity index (χ2v) is 8.74. The van der Waals surface area contributed by atoms with Crippen LogP contribution in [-0.4, -0.2) is 44.4 Å². The van der Waals surface area contributed by atoms with Crippen LogP contribution in [0.25, 0.3) is 0 Å². The minimum Gasteiger partial charge on any atom is -0.342 e. The van der Waals surface area contributed by atoms with Gasteiger partial charge in [-0.2, -0.15) is 0 Å². The van der Waals surface area contributed by atoms with Crippen LogP contribution in [0.2, 0.25) is 0 Å². The van der Waals surface area contributed by atoms with E-state index in [1.54, 1.807) is 24.0 Å². The summed E-state index contributed by atoms with van der Waals surface area (Å²) >= 11 is 0. The van der Waals surface area contributed by atoms with Crippen LogP contribution in [0.3, 0.4) is 0 Å². The molecule has 140 valence electrons. The molecule has 3 rings (SSSR count). The van der Waals surface area contributed by atoms with Crippen molar-refractivity contribution in [2.24, 2.45) is 5.73 Å². The van der Waals surface area contributed by atoms with Gasteiger partial charge in [0.15, 0.2) is 0 Å². The molecule has 1 aromatic rings. The van der Waals surface area contributed by atoms with E-state index in [1.165, 1.54) is 0 Å². The number of sulfonamides is 1. The Morgan fingerprint density at radius 2 is 1.88 bits per heavy atom. The first-order valence-corrected chi connectivity index (χ1v) is 9.93. The van der Waals surface area contributed by atoms with Crippen LogP contribution < -0.4 is 10.5 Å². The summed E-state index contributed by atoms with van der Waals surface area (Å²) in [6.07, 6.45) is 4.22. The van der Waals surface area contributed by atoms with Gasteiger partial charge in [-0.1, -0.05) is 6.07 Å². The first-order valence-electron chi connectivity index (χ1n) is 8.45. The summed E-state index contributed by atoms with van der Waals surface area (Å²) in [4.78, 5) is 13.6. The van der Waals surface area contributed by atoms with Crippen molar-refractivity contribution in [3.63, 3.8) is 0 Å². The maximum atomic E-state index is 12.5. The fraction of sp³-hybridized carbons (Fsp3) is 0.588. The Kier molecular flexibility index (Phi) is 6.14. The van der Waals surface area contributed by atoms with E-state index in [4.69, 9.17) is 5.73 Å². The lowest BCUT2D eigenvalue weighted by molar-refractivity contribution is -0.128. The Morgan fingerprint density at radius 1 is 1.24 bits per heavy atom. The summed E-state index contributed by atoms with van der Waals surface area (Å²) in [7, 11) is -3.56. The average molecular weight is 388 g/mol. The van der Waals surface area contributed by atoms with Gasteiger partial charge in [-0.15, -0.1) is 12.4 Å². The zero-order valence-corrected chi connectivity index (χ0v) is 16.1. The van der Waals surface area contributed by atoms with E-state index in [9.17, 15) is 13.2 Å². The van der Waals surface area contributed by atoms with Crippen molar-refractivity contribution >= 4 is 28.3 Å². The molecule has 1 fully saturated rings. The number of benzene rings is 1. The van der Waals surface area contributed by atoms with Crippen molar-refractivity contribution in [1.29, 1.82) is 0 Å². The van der Waals surface area contributed by atoms with E-state index in [0.29, 0.717) is 19.5 Å². The van der Waals surface area contributed by atoms with E-state index in [1.807, 2.05) is 6.07 Å². The Hall–Kier alpha value is -1.15. The maximum absolute atomic E-state index is 12.5. The van der Waals surface area contributed by atoms with Gasteiger partial charge in [0.25, 0.3) is 0 Å². The zero-order valence-electron chi connectivity index (χ0n) is 14.5. The summed E-state index contributed by atoms with van der Waals surface area (Å²) in [6, 6.07) is 5.26. The Labute approximate surface area is 155 Å². The number of carbonyl (C=O) groups excluding carboxylic acids is 1. The zero-order chi connectivity index (χ0) is 17.4. The standard InChI is InChI=1S/C17H25N3O3S.ClH/c1-13(21)20-9-5-14-3-4-16(11-15(14)6-10-20)24(22,23)19-12-17(18)7-2-8-17;/h3-4,11,19H,2,5-10,12,18H2,1H3;1H. The molecule has 6 nitrogen and oxygen atoms in total. The van der Waals surface area contributed by atoms with Gasteiger partial charge in [0.2, 0.25) is 15.9 Å². The molecule has 0 bridgehead atoms. The number of nitrogens with one attached hydrogen (secondary N) is 1. The van der Waals surface area contributed by atoms with E-state index in [2.05, 4.69) is 4.72 Å². The summed E-state index contributed by atoms with van der Waals surface area (Å²) < 4.78 is 27.7. The molecule has 0 aromatic heterocycles. The molecule has 1 saturated carbocycles. The first kappa shape index (κ1) is 20.2. The second-order valence-electron chi connectivity index (χ2n) is 6.98. The molecule has 1 aliphatic carbocycles. The topological polar surface area (TPSA) is 92.5 Å². The number of hydrogen-bond acceptors (Lipinski definition) is 4. The fourth-order valence-electron chi connectivity index (χ4n) is 3.31. The molecule has 25 heavy (non-hydrogen) atoms. The van der Waals surface area contributed by atoms with E-state index >= 15 is 0 Å². The van der Waals surface area contributed by atoms with Crippen LogP contribution in [0.1, 0.15) is 37.3 Å². The number of nitrogens with two attached hydrogens (primary N) is 1. The van der Waals surface area contributed by atoms with Crippen molar-refractivity contribution in [3.8, 4) is 0 Å². The van der Waals surface area contributed by atoms with Gasteiger partial charge >= 0.3 is 0 Å². The van der Waals surface area contributed by atoms with Crippen molar-refractivity contribution in [2.75, 3.05) is 19.6 Å². The van der Waals surface area contributed by atoms with Crippen molar-refractivity contribution in [3.05, 3.63) is 29.3 Å². The predicted octanol–water partition coefficient (Wildman–Crippen LogP) is 1.22. The number of fused-ring (bicyclic) bond motifs is 1. The number of amides is 1. The molecular formula is C17H26ClN3O3S. The molecule has 1 amide bonds. The molecule has 8 heteroatoms. The van der Waals surface area contributed by atoms with Crippen LogP contribution >= 0.6 is 12.4 Å². The molecule has 0 atom stereocenters. The maximum Gasteiger partial charge on any atom is 0.240 e. The van der Waals surface area contributed by atoms with Crippen LogP contribution in [0.15, 0.2) is 23.1 Å². The highest BCUT2D eigenvalue weighted by atomic mass is 35.5. The predicted molar refractivity (Wildman–Crippen MR) is 99.3 cm³/mol. The van der Waals surface area contributed by atoms with Crippen LogP contribution in [-0.2, 0) is 27.7 Å². The lowest BCUT2D eigenvalue weighted by Gasteiger charge is -2.38. The number of carbonyl (C=O) groups is 1. The second kappa shape index (κ2) is 7.61. The third-order valence-corrected chi connectivity index (χ3v) is 6.60. The van der Waals surface area contributed by atoms with E-state index in [0.717, 1.165) is 36.8 Å². The van der Waals surface area contributed by atoms with Crippen molar-refractivity contribution in [1.82, 2.24) is 9.62 Å². The number of halogens is 1. The van der Waals surface area contributed by atoms with Gasteiger partial charge < -0.3 is 10.6 Å². The molecule has 0 spiro atoms. The van der Waals surface area contributed by atoms with Gasteiger partial charge in [-0.25, -0.2) is 13.1 Å². The molecule has 1 aliphatic heterocycles. The summed E-state index contributed by atoms with van der Waals surface area (Å²) in [6.45, 7) is 3.16. The van der Waals surface area contributed by atoms with Gasteiger partial charge in [0.05, 0.1) is 4.90 Å². The monoisotopic (exact) mass is 387 g/mol. The van der Waals surface area contributed by atoms with Crippen LogP contribution in [0.5, 0.6) is 0 Å². The molecule has 0 radical (unpaired) electrons. The lowest BCUT2D eigenvalue weighted by Crippen LogP contribution is -2.54. The minimum atomic E-state index is -3.56. The highest BCUT2D eigenvalue weighted by Gasteiger charge is 2.33. The van der Waals surface area contributed by atoms with Crippen LogP contribution in [0, 0.1) is 0 Å². The van der Waals surface area contributed by atoms with Gasteiger partial charge in [-0.05, 0) is 55.4 Å². The molecular weight excluding hydrogens is 362 g/mol. The molecule has 2 aliphatic rings. The normalized spacial score (nSPS) is 19.2. The Morgan fingerprint density at radius 3 is 2.44 bits per heavy atom. The number of hydrogen-bond donors (Lipinski definition) is 2. The van der Waals surface area contributed by atoms with E-state index < -0.39 is 10.0 Å². The molecule has 0 saturated heterocycles. The van der Waals surface area contributed by atoms with Crippen LogP contribution in [0.4, 0.5) is 0 Å². The quantitative estimate of drug-likeness (QED) is 0.812.